The first-order chi connectivity index (χ1) is 10.7. The van der Waals surface area contributed by atoms with Crippen molar-refractivity contribution < 1.29 is 9.90 Å². The van der Waals surface area contributed by atoms with Gasteiger partial charge in [0, 0.05) is 24.7 Å². The van der Waals surface area contributed by atoms with E-state index in [1.54, 1.807) is 61.1 Å². The van der Waals surface area contributed by atoms with Crippen LogP contribution in [-0.2, 0) is 0 Å². The molecule has 0 unspecified atom stereocenters. The molecule has 2 heterocycles. The first-order valence-corrected chi connectivity index (χ1v) is 6.34. The molecule has 22 heavy (non-hydrogen) atoms. The molecule has 3 rings (SSSR count). The van der Waals surface area contributed by atoms with E-state index in [9.17, 15) is 9.59 Å². The number of carboxylic acid groups (broad SMARTS) is 1. The van der Waals surface area contributed by atoms with E-state index in [0.717, 1.165) is 0 Å². The fraction of sp³-hybridized carbons (Fsp3) is 0. The number of nitrogens with zero attached hydrogens (tertiary/aromatic N) is 2. The molecule has 0 aliphatic rings. The molecule has 1 aromatic carbocycles. The Labute approximate surface area is 127 Å². The fourth-order valence-electron chi connectivity index (χ4n) is 1.21. The molecule has 0 atom stereocenters. The van der Waals surface area contributed by atoms with Crippen LogP contribution in [0, 0.1) is 0 Å². The van der Waals surface area contributed by atoms with Gasteiger partial charge in [-0.3, -0.25) is 4.79 Å². The minimum absolute atomic E-state index is 0.0532. The third kappa shape index (κ3) is 8.00. The number of carboxylic acids is 1. The molecule has 0 saturated carbocycles. The van der Waals surface area contributed by atoms with Gasteiger partial charge in [0.25, 0.3) is 0 Å². The van der Waals surface area contributed by atoms with Crippen LogP contribution in [0.15, 0.2) is 84.0 Å². The zero-order valence-corrected chi connectivity index (χ0v) is 11.7. The highest BCUT2D eigenvalue weighted by atomic mass is 16.4. The van der Waals surface area contributed by atoms with E-state index in [2.05, 4.69) is 15.2 Å². The lowest BCUT2D eigenvalue weighted by atomic mass is 10.2. The maximum absolute atomic E-state index is 10.2. The lowest BCUT2D eigenvalue weighted by Crippen LogP contribution is -1.98. The van der Waals surface area contributed by atoms with Crippen molar-refractivity contribution >= 4 is 5.97 Å². The van der Waals surface area contributed by atoms with Crippen LogP contribution < -0.4 is 5.56 Å². The molecule has 0 saturated heterocycles. The molecular weight excluding hydrogens is 282 g/mol. The maximum atomic E-state index is 10.2. The molecule has 3 aromatic rings. The van der Waals surface area contributed by atoms with Gasteiger partial charge in [-0.05, 0) is 30.3 Å². The molecule has 0 bridgehead atoms. The third-order valence-electron chi connectivity index (χ3n) is 2.18. The van der Waals surface area contributed by atoms with Gasteiger partial charge >= 0.3 is 5.97 Å². The Kier molecular flexibility index (Phi) is 8.01. The molecule has 0 fully saturated rings. The molecule has 0 spiro atoms. The Morgan fingerprint density at radius 3 is 1.73 bits per heavy atom. The zero-order valence-electron chi connectivity index (χ0n) is 11.7. The Bertz CT molecular complexity index is 656. The van der Waals surface area contributed by atoms with Crippen molar-refractivity contribution in [2.24, 2.45) is 0 Å². The number of pyridine rings is 1. The lowest BCUT2D eigenvalue weighted by Gasteiger charge is -1.88. The summed E-state index contributed by atoms with van der Waals surface area (Å²) in [6.45, 7) is 0. The number of nitrogens with one attached hydrogen (secondary N) is 1. The molecule has 0 amide bonds. The summed E-state index contributed by atoms with van der Waals surface area (Å²) in [5, 5.41) is 15.5. The highest BCUT2D eigenvalue weighted by molar-refractivity contribution is 5.87. The molecule has 0 aliphatic carbocycles. The van der Waals surface area contributed by atoms with Crippen LogP contribution in [0.25, 0.3) is 0 Å². The van der Waals surface area contributed by atoms with Gasteiger partial charge in [-0.25, -0.2) is 4.79 Å². The van der Waals surface area contributed by atoms with E-state index in [1.165, 1.54) is 6.07 Å². The van der Waals surface area contributed by atoms with E-state index in [0.29, 0.717) is 5.56 Å². The number of benzene rings is 1. The molecule has 0 aliphatic heterocycles. The molecule has 6 heteroatoms. The molecule has 2 N–H and O–H groups in total. The number of carbonyl (C=O) groups is 1. The lowest BCUT2D eigenvalue weighted by molar-refractivity contribution is 0.0697. The quantitative estimate of drug-likeness (QED) is 0.718. The number of hydrogen-bond donors (Lipinski definition) is 2. The topological polar surface area (TPSA) is 95.9 Å². The number of aromatic amines is 1. The average molecular weight is 297 g/mol. The Balaban J connectivity index is 0.000000169. The summed E-state index contributed by atoms with van der Waals surface area (Å²) in [7, 11) is 0. The van der Waals surface area contributed by atoms with Gasteiger partial charge in [0.2, 0.25) is 5.56 Å². The number of aromatic carboxylic acids is 1. The summed E-state index contributed by atoms with van der Waals surface area (Å²) < 4.78 is 0. The smallest absolute Gasteiger partial charge is 0.335 e. The third-order valence-corrected chi connectivity index (χ3v) is 2.18. The number of aromatic nitrogens is 3. The Morgan fingerprint density at radius 1 is 0.864 bits per heavy atom. The molecule has 2 aromatic heterocycles. The summed E-state index contributed by atoms with van der Waals surface area (Å²) in [6.07, 6.45) is 4.88. The van der Waals surface area contributed by atoms with Crippen molar-refractivity contribution in [2.75, 3.05) is 0 Å². The minimum Gasteiger partial charge on any atom is -0.478 e. The average Bonchev–Trinajstić information content (AvgIpc) is 2.59. The van der Waals surface area contributed by atoms with E-state index >= 15 is 0 Å². The van der Waals surface area contributed by atoms with Crippen molar-refractivity contribution in [3.05, 3.63) is 95.2 Å². The normalized spacial score (nSPS) is 8.55. The highest BCUT2D eigenvalue weighted by Crippen LogP contribution is 1.96. The van der Waals surface area contributed by atoms with Crippen LogP contribution in [-0.4, -0.2) is 26.3 Å². The van der Waals surface area contributed by atoms with E-state index < -0.39 is 5.97 Å². The van der Waals surface area contributed by atoms with Crippen molar-refractivity contribution in [2.45, 2.75) is 0 Å². The maximum Gasteiger partial charge on any atom is 0.335 e. The minimum atomic E-state index is -0.879. The SMILES string of the molecule is O=C(O)c1ccccc1.O=c1cccc[nH]1.c1ccnnc1. The predicted octanol–water partition coefficient (Wildman–Crippen LogP) is 2.24. The van der Waals surface area contributed by atoms with Gasteiger partial charge in [-0.2, -0.15) is 10.2 Å². The summed E-state index contributed by atoms with van der Waals surface area (Å²) in [5.74, 6) is -0.879. The zero-order chi connectivity index (χ0) is 16.0. The van der Waals surface area contributed by atoms with Crippen molar-refractivity contribution in [1.29, 1.82) is 0 Å². The van der Waals surface area contributed by atoms with Gasteiger partial charge in [0.15, 0.2) is 0 Å². The van der Waals surface area contributed by atoms with Gasteiger partial charge in [0.05, 0.1) is 5.56 Å². The Morgan fingerprint density at radius 2 is 1.45 bits per heavy atom. The highest BCUT2D eigenvalue weighted by Gasteiger charge is 1.96. The predicted molar refractivity (Wildman–Crippen MR) is 82.5 cm³/mol. The van der Waals surface area contributed by atoms with Crippen molar-refractivity contribution in [3.8, 4) is 0 Å². The van der Waals surface area contributed by atoms with Gasteiger partial charge in [0.1, 0.15) is 0 Å². The van der Waals surface area contributed by atoms with Crippen LogP contribution in [0.1, 0.15) is 10.4 Å². The molecule has 0 radical (unpaired) electrons. The number of rotatable bonds is 1. The van der Waals surface area contributed by atoms with Crippen molar-refractivity contribution in [3.63, 3.8) is 0 Å². The van der Waals surface area contributed by atoms with E-state index in [4.69, 9.17) is 5.11 Å². The van der Waals surface area contributed by atoms with E-state index in [1.807, 2.05) is 12.1 Å². The molecular formula is C16H15N3O3. The Hall–Kier alpha value is -3.28. The number of H-pyrrole nitrogens is 1. The largest absolute Gasteiger partial charge is 0.478 e. The standard InChI is InChI=1S/C7H6O2.C5H5NO.C4H4N2/c8-7(9)6-4-2-1-3-5-6;7-5-3-1-2-4-6-5;1-2-4-6-5-3-1/h1-5H,(H,8,9);1-4H,(H,6,7);1-4H. The van der Waals surface area contributed by atoms with Gasteiger partial charge in [-0.15, -0.1) is 0 Å². The van der Waals surface area contributed by atoms with Crippen LogP contribution >= 0.6 is 0 Å². The fourth-order valence-corrected chi connectivity index (χ4v) is 1.21. The van der Waals surface area contributed by atoms with Crippen LogP contribution in [0.4, 0.5) is 0 Å². The number of hydrogen-bond acceptors (Lipinski definition) is 4. The second-order valence-electron chi connectivity index (χ2n) is 3.81. The van der Waals surface area contributed by atoms with Gasteiger partial charge < -0.3 is 10.1 Å². The van der Waals surface area contributed by atoms with Crippen molar-refractivity contribution in [1.82, 2.24) is 15.2 Å². The van der Waals surface area contributed by atoms with Gasteiger partial charge in [-0.1, -0.05) is 24.3 Å². The molecule has 112 valence electrons. The van der Waals surface area contributed by atoms with E-state index in [-0.39, 0.29) is 5.56 Å². The first-order valence-electron chi connectivity index (χ1n) is 6.34. The molecule has 6 nitrogen and oxygen atoms in total. The van der Waals surface area contributed by atoms with Crippen LogP contribution in [0.5, 0.6) is 0 Å². The summed E-state index contributed by atoms with van der Waals surface area (Å²) in [5.41, 5.74) is 0.278. The monoisotopic (exact) mass is 297 g/mol. The van der Waals surface area contributed by atoms with Crippen LogP contribution in [0.3, 0.4) is 0 Å². The summed E-state index contributed by atoms with van der Waals surface area (Å²) in [4.78, 5) is 22.9. The second kappa shape index (κ2) is 10.5. The summed E-state index contributed by atoms with van der Waals surface area (Å²) >= 11 is 0. The summed E-state index contributed by atoms with van der Waals surface area (Å²) in [6, 6.07) is 16.9. The van der Waals surface area contributed by atoms with Crippen LogP contribution in [0.2, 0.25) is 0 Å². The second-order valence-corrected chi connectivity index (χ2v) is 3.81. The first kappa shape index (κ1) is 16.8.